The minimum Gasteiger partial charge on any atom is -0.497 e. The Kier molecular flexibility index (Phi) is 4.38. The highest BCUT2D eigenvalue weighted by Gasteiger charge is 2.48. The molecule has 9 heteroatoms. The standard InChI is InChI=1S/C22H16N4O4S/c1-30-14-7-6-13-11-26(19(27)15(13)10-14)12-22(20(28)24-21(29)25-22)9-8-18-23-16-4-2-3-5-17(16)31-18/h2-7,10H,11-12H2,1H3,(H2,24,25,28,29)/t22-/m1/s1. The van der Waals surface area contributed by atoms with Gasteiger partial charge in [-0.1, -0.05) is 24.1 Å². The van der Waals surface area contributed by atoms with E-state index in [1.807, 2.05) is 30.3 Å². The van der Waals surface area contributed by atoms with Crippen molar-refractivity contribution in [2.75, 3.05) is 13.7 Å². The molecule has 0 bridgehead atoms. The number of urea groups is 1. The van der Waals surface area contributed by atoms with Gasteiger partial charge in [-0.25, -0.2) is 9.78 Å². The summed E-state index contributed by atoms with van der Waals surface area (Å²) in [7, 11) is 1.53. The minimum absolute atomic E-state index is 0.0850. The molecule has 4 amide bonds. The molecule has 0 aliphatic carbocycles. The maximum atomic E-state index is 12.9. The fourth-order valence-electron chi connectivity index (χ4n) is 3.70. The second-order valence-corrected chi connectivity index (χ2v) is 8.27. The molecule has 2 aliphatic heterocycles. The molecular formula is C22H16N4O4S. The lowest BCUT2D eigenvalue weighted by atomic mass is 10.00. The van der Waals surface area contributed by atoms with E-state index in [9.17, 15) is 14.4 Å². The fraction of sp³-hybridized carbons (Fsp3) is 0.182. The molecule has 5 rings (SSSR count). The molecule has 0 unspecified atom stereocenters. The molecule has 2 N–H and O–H groups in total. The number of amides is 4. The topological polar surface area (TPSA) is 101 Å². The molecule has 1 saturated heterocycles. The third-order valence-corrected chi connectivity index (χ3v) is 6.19. The summed E-state index contributed by atoms with van der Waals surface area (Å²) in [6.07, 6.45) is 0. The Labute approximate surface area is 181 Å². The molecular weight excluding hydrogens is 416 g/mol. The Morgan fingerprint density at radius 1 is 1.23 bits per heavy atom. The molecule has 8 nitrogen and oxygen atoms in total. The quantitative estimate of drug-likeness (QED) is 0.486. The van der Waals surface area contributed by atoms with Crippen LogP contribution in [0.2, 0.25) is 0 Å². The van der Waals surface area contributed by atoms with Gasteiger partial charge in [0.25, 0.3) is 11.8 Å². The monoisotopic (exact) mass is 432 g/mol. The summed E-state index contributed by atoms with van der Waals surface area (Å²) in [5.74, 6) is 5.54. The summed E-state index contributed by atoms with van der Waals surface area (Å²) < 4.78 is 6.17. The number of hydrogen-bond donors (Lipinski definition) is 2. The van der Waals surface area contributed by atoms with E-state index in [1.54, 1.807) is 12.1 Å². The molecule has 1 aromatic heterocycles. The molecule has 31 heavy (non-hydrogen) atoms. The lowest BCUT2D eigenvalue weighted by Gasteiger charge is -2.26. The predicted molar refractivity (Wildman–Crippen MR) is 114 cm³/mol. The van der Waals surface area contributed by atoms with E-state index < -0.39 is 17.5 Å². The van der Waals surface area contributed by atoms with E-state index in [0.717, 1.165) is 15.8 Å². The Morgan fingerprint density at radius 3 is 2.81 bits per heavy atom. The van der Waals surface area contributed by atoms with Crippen LogP contribution in [-0.4, -0.2) is 46.9 Å². The van der Waals surface area contributed by atoms with E-state index in [1.165, 1.54) is 23.3 Å². The third kappa shape index (κ3) is 3.27. The van der Waals surface area contributed by atoms with Gasteiger partial charge in [-0.05, 0) is 35.7 Å². The SMILES string of the molecule is COc1ccc2c(c1)C(=O)N(C[C@@]1(C#Cc3nc4ccccc4s3)NC(=O)NC1=O)C2. The molecule has 3 heterocycles. The van der Waals surface area contributed by atoms with Crippen molar-refractivity contribution in [3.05, 3.63) is 58.6 Å². The van der Waals surface area contributed by atoms with Gasteiger partial charge in [-0.3, -0.25) is 14.9 Å². The number of nitrogens with one attached hydrogen (secondary N) is 2. The minimum atomic E-state index is -1.56. The molecule has 1 fully saturated rings. The average molecular weight is 432 g/mol. The highest BCUT2D eigenvalue weighted by atomic mass is 32.1. The van der Waals surface area contributed by atoms with Crippen LogP contribution < -0.4 is 15.4 Å². The van der Waals surface area contributed by atoms with Crippen molar-refractivity contribution < 1.29 is 19.1 Å². The number of imide groups is 1. The van der Waals surface area contributed by atoms with Crippen LogP contribution in [0.15, 0.2) is 42.5 Å². The first-order chi connectivity index (χ1) is 15.0. The van der Waals surface area contributed by atoms with Gasteiger partial charge in [0.05, 0.1) is 23.9 Å². The summed E-state index contributed by atoms with van der Waals surface area (Å²) in [6.45, 7) is 0.226. The van der Waals surface area contributed by atoms with E-state index in [4.69, 9.17) is 4.74 Å². The molecule has 2 aromatic carbocycles. The summed E-state index contributed by atoms with van der Waals surface area (Å²) in [6, 6.07) is 12.2. The lowest BCUT2D eigenvalue weighted by molar-refractivity contribution is -0.122. The second kappa shape index (κ2) is 7.11. The first-order valence-electron chi connectivity index (χ1n) is 9.46. The highest BCUT2D eigenvalue weighted by Crippen LogP contribution is 2.28. The van der Waals surface area contributed by atoms with Crippen LogP contribution in [0, 0.1) is 11.8 Å². The van der Waals surface area contributed by atoms with E-state index in [2.05, 4.69) is 27.5 Å². The van der Waals surface area contributed by atoms with Crippen LogP contribution >= 0.6 is 11.3 Å². The number of carbonyl (C=O) groups excluding carboxylic acids is 3. The Morgan fingerprint density at radius 2 is 2.06 bits per heavy atom. The van der Waals surface area contributed by atoms with Gasteiger partial charge in [0.2, 0.25) is 5.54 Å². The number of methoxy groups -OCH3 is 1. The van der Waals surface area contributed by atoms with Gasteiger partial charge in [0, 0.05) is 12.1 Å². The number of benzene rings is 2. The number of hydrogen-bond acceptors (Lipinski definition) is 6. The van der Waals surface area contributed by atoms with Gasteiger partial charge in [0.15, 0.2) is 5.01 Å². The van der Waals surface area contributed by atoms with Crippen LogP contribution in [0.1, 0.15) is 20.9 Å². The largest absolute Gasteiger partial charge is 0.497 e. The van der Waals surface area contributed by atoms with E-state index >= 15 is 0 Å². The van der Waals surface area contributed by atoms with Crippen LogP contribution in [0.25, 0.3) is 10.2 Å². The van der Waals surface area contributed by atoms with Crippen molar-refractivity contribution in [3.8, 4) is 17.6 Å². The summed E-state index contributed by atoms with van der Waals surface area (Å²) in [5, 5.41) is 5.36. The van der Waals surface area contributed by atoms with Crippen molar-refractivity contribution in [1.82, 2.24) is 20.5 Å². The predicted octanol–water partition coefficient (Wildman–Crippen LogP) is 1.89. The number of ether oxygens (including phenoxy) is 1. The number of carbonyl (C=O) groups is 3. The molecule has 154 valence electrons. The first-order valence-corrected chi connectivity index (χ1v) is 10.3. The van der Waals surface area contributed by atoms with Gasteiger partial charge < -0.3 is 15.0 Å². The van der Waals surface area contributed by atoms with Crippen molar-refractivity contribution in [1.29, 1.82) is 0 Å². The molecule has 0 radical (unpaired) electrons. The Bertz CT molecular complexity index is 1290. The van der Waals surface area contributed by atoms with Gasteiger partial charge in [-0.15, -0.1) is 11.3 Å². The van der Waals surface area contributed by atoms with Crippen molar-refractivity contribution in [2.45, 2.75) is 12.1 Å². The van der Waals surface area contributed by atoms with E-state index in [-0.39, 0.29) is 12.5 Å². The molecule has 2 aliphatic rings. The van der Waals surface area contributed by atoms with Crippen LogP contribution in [0.3, 0.4) is 0 Å². The number of fused-ring (bicyclic) bond motifs is 2. The van der Waals surface area contributed by atoms with Gasteiger partial charge >= 0.3 is 6.03 Å². The number of aromatic nitrogens is 1. The maximum absolute atomic E-state index is 12.9. The zero-order valence-corrected chi connectivity index (χ0v) is 17.2. The summed E-state index contributed by atoms with van der Waals surface area (Å²) in [5.41, 5.74) is 0.588. The van der Waals surface area contributed by atoms with Gasteiger partial charge in [0.1, 0.15) is 5.75 Å². The van der Waals surface area contributed by atoms with Crippen molar-refractivity contribution >= 4 is 39.4 Å². The molecule has 1 atom stereocenters. The van der Waals surface area contributed by atoms with Crippen LogP contribution in [0.4, 0.5) is 4.79 Å². The number of para-hydroxylation sites is 1. The molecule has 0 saturated carbocycles. The van der Waals surface area contributed by atoms with Crippen molar-refractivity contribution in [2.24, 2.45) is 0 Å². The number of thiazole rings is 1. The highest BCUT2D eigenvalue weighted by molar-refractivity contribution is 7.19. The zero-order valence-electron chi connectivity index (χ0n) is 16.4. The Balaban J connectivity index is 1.47. The number of nitrogens with zero attached hydrogens (tertiary/aromatic N) is 2. The fourth-order valence-corrected chi connectivity index (χ4v) is 4.52. The van der Waals surface area contributed by atoms with Gasteiger partial charge in [-0.2, -0.15) is 0 Å². The third-order valence-electron chi connectivity index (χ3n) is 5.24. The van der Waals surface area contributed by atoms with Crippen LogP contribution in [-0.2, 0) is 11.3 Å². The average Bonchev–Trinajstić information content (AvgIpc) is 3.40. The maximum Gasteiger partial charge on any atom is 0.323 e. The zero-order chi connectivity index (χ0) is 21.6. The molecule has 0 spiro atoms. The Hall–Kier alpha value is -3.90. The summed E-state index contributed by atoms with van der Waals surface area (Å²) >= 11 is 1.39. The smallest absolute Gasteiger partial charge is 0.323 e. The summed E-state index contributed by atoms with van der Waals surface area (Å²) in [4.78, 5) is 43.5. The first kappa shape index (κ1) is 19.1. The lowest BCUT2D eigenvalue weighted by Crippen LogP contribution is -2.54. The van der Waals surface area contributed by atoms with E-state index in [0.29, 0.717) is 22.9 Å². The van der Waals surface area contributed by atoms with Crippen molar-refractivity contribution in [3.63, 3.8) is 0 Å². The normalized spacial score (nSPS) is 19.6. The second-order valence-electron chi connectivity index (χ2n) is 7.23. The molecule has 3 aromatic rings. The van der Waals surface area contributed by atoms with Crippen LogP contribution in [0.5, 0.6) is 5.75 Å². The number of rotatable bonds is 3.